The van der Waals surface area contributed by atoms with E-state index in [0.717, 1.165) is 13.1 Å². The summed E-state index contributed by atoms with van der Waals surface area (Å²) < 4.78 is 0. The van der Waals surface area contributed by atoms with Gasteiger partial charge in [-0.2, -0.15) is 0 Å². The Balaban J connectivity index is 0.00000112. The predicted octanol–water partition coefficient (Wildman–Crippen LogP) is 2.85. The summed E-state index contributed by atoms with van der Waals surface area (Å²) in [5.41, 5.74) is 1.27. The van der Waals surface area contributed by atoms with Crippen molar-refractivity contribution < 1.29 is 0 Å². The van der Waals surface area contributed by atoms with Crippen molar-refractivity contribution in [3.63, 3.8) is 0 Å². The predicted molar refractivity (Wildman–Crippen MR) is 66.3 cm³/mol. The third kappa shape index (κ3) is 4.00. The quantitative estimate of drug-likeness (QED) is 0.889. The highest BCUT2D eigenvalue weighted by Gasteiger charge is 1.93. The molecule has 0 aromatic carbocycles. The number of hydrogen-bond acceptors (Lipinski definition) is 3. The van der Waals surface area contributed by atoms with E-state index in [9.17, 15) is 0 Å². The molecule has 0 aliphatic rings. The van der Waals surface area contributed by atoms with Crippen LogP contribution < -0.4 is 5.32 Å². The van der Waals surface area contributed by atoms with Crippen LogP contribution >= 0.6 is 23.7 Å². The molecule has 2 heterocycles. The molecule has 80 valence electrons. The summed E-state index contributed by atoms with van der Waals surface area (Å²) in [6.07, 6.45) is 3.64. The molecule has 0 spiro atoms. The molecule has 4 heteroatoms. The average molecular weight is 241 g/mol. The van der Waals surface area contributed by atoms with Crippen LogP contribution in [0, 0.1) is 0 Å². The Morgan fingerprint density at radius 2 is 1.93 bits per heavy atom. The maximum Gasteiger partial charge on any atom is 0.0302 e. The van der Waals surface area contributed by atoms with E-state index in [-0.39, 0.29) is 12.4 Å². The first-order valence-electron chi connectivity index (χ1n) is 4.57. The number of thiophene rings is 1. The van der Waals surface area contributed by atoms with E-state index in [0.29, 0.717) is 0 Å². The standard InChI is InChI=1S/C11H12N2S.ClH/c1-2-11(14-7-1)9-13-8-10-3-5-12-6-4-10;/h1-7,13H,8-9H2;1H. The number of nitrogens with one attached hydrogen (secondary N) is 1. The summed E-state index contributed by atoms with van der Waals surface area (Å²) in [6.45, 7) is 1.85. The van der Waals surface area contributed by atoms with Crippen LogP contribution in [0.1, 0.15) is 10.4 Å². The summed E-state index contributed by atoms with van der Waals surface area (Å²) in [5.74, 6) is 0. The van der Waals surface area contributed by atoms with E-state index < -0.39 is 0 Å². The van der Waals surface area contributed by atoms with Gasteiger partial charge in [-0.15, -0.1) is 23.7 Å². The van der Waals surface area contributed by atoms with Crippen LogP contribution in [0.3, 0.4) is 0 Å². The van der Waals surface area contributed by atoms with Gasteiger partial charge in [0.05, 0.1) is 0 Å². The van der Waals surface area contributed by atoms with Crippen molar-refractivity contribution in [2.75, 3.05) is 0 Å². The Bertz CT molecular complexity index is 361. The average Bonchev–Trinajstić information content (AvgIpc) is 2.72. The zero-order valence-electron chi connectivity index (χ0n) is 8.22. The highest BCUT2D eigenvalue weighted by atomic mass is 35.5. The summed E-state index contributed by atoms with van der Waals surface area (Å²) in [7, 11) is 0. The molecule has 2 rings (SSSR count). The van der Waals surface area contributed by atoms with Crippen LogP contribution in [0.5, 0.6) is 0 Å². The highest BCUT2D eigenvalue weighted by molar-refractivity contribution is 7.09. The van der Waals surface area contributed by atoms with Crippen molar-refractivity contribution in [3.05, 3.63) is 52.5 Å². The molecule has 1 N–H and O–H groups in total. The van der Waals surface area contributed by atoms with Gasteiger partial charge in [-0.05, 0) is 29.1 Å². The van der Waals surface area contributed by atoms with Crippen molar-refractivity contribution in [2.45, 2.75) is 13.1 Å². The lowest BCUT2D eigenvalue weighted by Gasteiger charge is -2.02. The van der Waals surface area contributed by atoms with E-state index in [1.54, 1.807) is 11.3 Å². The lowest BCUT2D eigenvalue weighted by atomic mass is 10.3. The van der Waals surface area contributed by atoms with E-state index in [1.165, 1.54) is 10.4 Å². The number of aromatic nitrogens is 1. The van der Waals surface area contributed by atoms with Crippen molar-refractivity contribution >= 4 is 23.7 Å². The first-order chi connectivity index (χ1) is 6.95. The minimum absolute atomic E-state index is 0. The fourth-order valence-corrected chi connectivity index (χ4v) is 1.92. The van der Waals surface area contributed by atoms with Gasteiger partial charge in [-0.1, -0.05) is 6.07 Å². The number of pyridine rings is 1. The normalized spacial score (nSPS) is 9.60. The first kappa shape index (κ1) is 12.2. The van der Waals surface area contributed by atoms with E-state index in [2.05, 4.69) is 27.8 Å². The second kappa shape index (κ2) is 6.56. The van der Waals surface area contributed by atoms with Crippen LogP contribution in [0.4, 0.5) is 0 Å². The van der Waals surface area contributed by atoms with Crippen LogP contribution in [-0.2, 0) is 13.1 Å². The zero-order valence-corrected chi connectivity index (χ0v) is 9.85. The van der Waals surface area contributed by atoms with Gasteiger partial charge in [-0.3, -0.25) is 4.98 Å². The van der Waals surface area contributed by atoms with Gasteiger partial charge in [0.1, 0.15) is 0 Å². The fourth-order valence-electron chi connectivity index (χ4n) is 1.24. The molecule has 0 atom stereocenters. The van der Waals surface area contributed by atoms with Gasteiger partial charge < -0.3 is 5.32 Å². The van der Waals surface area contributed by atoms with Gasteiger partial charge in [-0.25, -0.2) is 0 Å². The second-order valence-corrected chi connectivity index (χ2v) is 4.07. The Morgan fingerprint density at radius 3 is 2.60 bits per heavy atom. The molecule has 0 saturated carbocycles. The molecule has 0 fully saturated rings. The van der Waals surface area contributed by atoms with Crippen LogP contribution in [0.25, 0.3) is 0 Å². The molecule has 0 amide bonds. The van der Waals surface area contributed by atoms with E-state index >= 15 is 0 Å². The zero-order chi connectivity index (χ0) is 9.64. The van der Waals surface area contributed by atoms with Crippen molar-refractivity contribution in [2.24, 2.45) is 0 Å². The van der Waals surface area contributed by atoms with Crippen LogP contribution in [0.15, 0.2) is 42.0 Å². The molecule has 0 saturated heterocycles. The topological polar surface area (TPSA) is 24.9 Å². The first-order valence-corrected chi connectivity index (χ1v) is 5.45. The van der Waals surface area contributed by atoms with Crippen molar-refractivity contribution in [1.82, 2.24) is 10.3 Å². The molecular weight excluding hydrogens is 228 g/mol. The molecule has 2 aromatic heterocycles. The molecule has 0 unspecified atom stereocenters. The maximum atomic E-state index is 3.98. The van der Waals surface area contributed by atoms with Gasteiger partial charge in [0, 0.05) is 30.4 Å². The fraction of sp³-hybridized carbons (Fsp3) is 0.182. The van der Waals surface area contributed by atoms with Crippen molar-refractivity contribution in [3.8, 4) is 0 Å². The van der Waals surface area contributed by atoms with Gasteiger partial charge in [0.25, 0.3) is 0 Å². The minimum Gasteiger partial charge on any atom is -0.308 e. The second-order valence-electron chi connectivity index (χ2n) is 3.04. The van der Waals surface area contributed by atoms with E-state index in [4.69, 9.17) is 0 Å². The highest BCUT2D eigenvalue weighted by Crippen LogP contribution is 2.07. The smallest absolute Gasteiger partial charge is 0.0302 e. The summed E-state index contributed by atoms with van der Waals surface area (Å²) in [5, 5.41) is 5.49. The number of rotatable bonds is 4. The Morgan fingerprint density at radius 1 is 1.13 bits per heavy atom. The van der Waals surface area contributed by atoms with E-state index in [1.807, 2.05) is 24.5 Å². The van der Waals surface area contributed by atoms with Gasteiger partial charge in [0.2, 0.25) is 0 Å². The number of hydrogen-bond donors (Lipinski definition) is 1. The van der Waals surface area contributed by atoms with Crippen LogP contribution in [-0.4, -0.2) is 4.98 Å². The Labute approximate surface area is 99.8 Å². The molecule has 2 nitrogen and oxygen atoms in total. The SMILES string of the molecule is Cl.c1csc(CNCc2ccncc2)c1. The largest absolute Gasteiger partial charge is 0.308 e. The summed E-state index contributed by atoms with van der Waals surface area (Å²) in [4.78, 5) is 5.35. The molecule has 2 aromatic rings. The monoisotopic (exact) mass is 240 g/mol. The number of halogens is 1. The molecule has 15 heavy (non-hydrogen) atoms. The van der Waals surface area contributed by atoms with Gasteiger partial charge in [0.15, 0.2) is 0 Å². The molecular formula is C11H13ClN2S. The molecule has 0 bridgehead atoms. The van der Waals surface area contributed by atoms with Crippen LogP contribution in [0.2, 0.25) is 0 Å². The number of nitrogens with zero attached hydrogens (tertiary/aromatic N) is 1. The summed E-state index contributed by atoms with van der Waals surface area (Å²) in [6, 6.07) is 8.28. The maximum absolute atomic E-state index is 3.98. The molecule has 0 aliphatic carbocycles. The third-order valence-corrected chi connectivity index (χ3v) is 2.83. The third-order valence-electron chi connectivity index (χ3n) is 1.96. The molecule has 0 aliphatic heterocycles. The van der Waals surface area contributed by atoms with Gasteiger partial charge >= 0.3 is 0 Å². The summed E-state index contributed by atoms with van der Waals surface area (Å²) >= 11 is 1.78. The van der Waals surface area contributed by atoms with Crippen molar-refractivity contribution in [1.29, 1.82) is 0 Å². The Kier molecular flexibility index (Phi) is 5.32. The minimum atomic E-state index is 0. The Hall–Kier alpha value is -0.900. The lowest BCUT2D eigenvalue weighted by Crippen LogP contribution is -2.11. The molecule has 0 radical (unpaired) electrons. The lowest BCUT2D eigenvalue weighted by molar-refractivity contribution is 0.700.